The van der Waals surface area contributed by atoms with Crippen LogP contribution in [-0.4, -0.2) is 49.4 Å². The van der Waals surface area contributed by atoms with E-state index in [1.165, 1.54) is 6.42 Å². The monoisotopic (exact) mass is 325 g/mol. The van der Waals surface area contributed by atoms with Gasteiger partial charge in [-0.1, -0.05) is 0 Å². The lowest BCUT2D eigenvalue weighted by atomic mass is 10.1. The molecule has 1 atom stereocenters. The number of hydrogen-bond acceptors (Lipinski definition) is 3. The van der Waals surface area contributed by atoms with Gasteiger partial charge in [0.2, 0.25) is 0 Å². The van der Waals surface area contributed by atoms with Crippen LogP contribution in [0.5, 0.6) is 0 Å². The van der Waals surface area contributed by atoms with Crippen molar-refractivity contribution in [3.05, 3.63) is 28.2 Å². The normalized spacial score (nSPS) is 19.6. The van der Waals surface area contributed by atoms with Crippen LogP contribution in [0.2, 0.25) is 0 Å². The largest absolute Gasteiger partial charge is 0.398 e. The lowest BCUT2D eigenvalue weighted by Gasteiger charge is -2.21. The lowest BCUT2D eigenvalue weighted by Crippen LogP contribution is -2.32. The number of carbonyl (C=O) groups excluding carboxylic acids is 1. The number of benzene rings is 1. The van der Waals surface area contributed by atoms with Crippen molar-refractivity contribution in [2.75, 3.05) is 39.5 Å². The van der Waals surface area contributed by atoms with Gasteiger partial charge in [0.25, 0.3) is 5.91 Å². The van der Waals surface area contributed by atoms with Crippen molar-refractivity contribution in [3.8, 4) is 0 Å². The zero-order chi connectivity index (χ0) is 14.0. The molecule has 4 nitrogen and oxygen atoms in total. The highest BCUT2D eigenvalue weighted by atomic mass is 79.9. The SMILES string of the molecule is CN1CCC(CN(C)C(=O)c2ccc(N)c(Br)c2)C1. The molecule has 5 heteroatoms. The minimum atomic E-state index is 0.0512. The van der Waals surface area contributed by atoms with Crippen LogP contribution in [0.25, 0.3) is 0 Å². The van der Waals surface area contributed by atoms with Gasteiger partial charge in [-0.25, -0.2) is 0 Å². The molecule has 1 aromatic carbocycles. The van der Waals surface area contributed by atoms with E-state index in [0.29, 0.717) is 17.2 Å². The Morgan fingerprint density at radius 3 is 2.89 bits per heavy atom. The molecule has 0 bridgehead atoms. The van der Waals surface area contributed by atoms with Crippen LogP contribution in [0.15, 0.2) is 22.7 Å². The van der Waals surface area contributed by atoms with Crippen LogP contribution in [0.1, 0.15) is 16.8 Å². The fourth-order valence-electron chi connectivity index (χ4n) is 2.53. The molecule has 1 aliphatic rings. The number of amides is 1. The maximum absolute atomic E-state index is 12.3. The number of nitrogens with zero attached hydrogens (tertiary/aromatic N) is 2. The quantitative estimate of drug-likeness (QED) is 0.865. The van der Waals surface area contributed by atoms with Gasteiger partial charge in [-0.2, -0.15) is 0 Å². The molecule has 0 spiro atoms. The smallest absolute Gasteiger partial charge is 0.253 e. The molecule has 2 N–H and O–H groups in total. The number of carbonyl (C=O) groups is 1. The lowest BCUT2D eigenvalue weighted by molar-refractivity contribution is 0.0774. The Kier molecular flexibility index (Phi) is 4.47. The maximum Gasteiger partial charge on any atom is 0.253 e. The van der Waals surface area contributed by atoms with E-state index in [4.69, 9.17) is 5.73 Å². The Morgan fingerprint density at radius 2 is 2.32 bits per heavy atom. The van der Waals surface area contributed by atoms with Crippen LogP contribution in [-0.2, 0) is 0 Å². The molecule has 19 heavy (non-hydrogen) atoms. The molecule has 1 fully saturated rings. The summed E-state index contributed by atoms with van der Waals surface area (Å²) in [5, 5.41) is 0. The van der Waals surface area contributed by atoms with Crippen molar-refractivity contribution in [2.45, 2.75) is 6.42 Å². The molecule has 0 aromatic heterocycles. The molecular weight excluding hydrogens is 306 g/mol. The van der Waals surface area contributed by atoms with Crippen LogP contribution >= 0.6 is 15.9 Å². The summed E-state index contributed by atoms with van der Waals surface area (Å²) in [6.07, 6.45) is 1.17. The fraction of sp³-hybridized carbons (Fsp3) is 0.500. The van der Waals surface area contributed by atoms with E-state index in [1.54, 1.807) is 18.2 Å². The molecule has 0 aliphatic carbocycles. The van der Waals surface area contributed by atoms with Crippen molar-refractivity contribution < 1.29 is 4.79 Å². The van der Waals surface area contributed by atoms with Gasteiger partial charge in [0.1, 0.15) is 0 Å². The average Bonchev–Trinajstić information content (AvgIpc) is 2.77. The standard InChI is InChI=1S/C14H20BrN3O/c1-17-6-5-10(8-17)9-18(2)14(19)11-3-4-13(16)12(15)7-11/h3-4,7,10H,5-6,8-9,16H2,1-2H3. The van der Waals surface area contributed by atoms with Gasteiger partial charge in [-0.05, 0) is 60.1 Å². The molecule has 1 aromatic rings. The third kappa shape index (κ3) is 3.48. The third-order valence-corrected chi connectivity index (χ3v) is 4.30. The Balaban J connectivity index is 2.00. The van der Waals surface area contributed by atoms with E-state index in [2.05, 4.69) is 27.9 Å². The van der Waals surface area contributed by atoms with E-state index in [-0.39, 0.29) is 5.91 Å². The molecule has 1 unspecified atom stereocenters. The predicted octanol–water partition coefficient (Wildman–Crippen LogP) is 2.05. The summed E-state index contributed by atoms with van der Waals surface area (Å²) in [4.78, 5) is 16.4. The fourth-order valence-corrected chi connectivity index (χ4v) is 2.90. The number of anilines is 1. The highest BCUT2D eigenvalue weighted by Gasteiger charge is 2.23. The van der Waals surface area contributed by atoms with E-state index < -0.39 is 0 Å². The Hall–Kier alpha value is -1.07. The van der Waals surface area contributed by atoms with Crippen LogP contribution in [0.4, 0.5) is 5.69 Å². The number of nitrogens with two attached hydrogens (primary N) is 1. The van der Waals surface area contributed by atoms with Gasteiger partial charge in [0.05, 0.1) is 0 Å². The number of nitrogen functional groups attached to an aromatic ring is 1. The van der Waals surface area contributed by atoms with Gasteiger partial charge in [-0.3, -0.25) is 4.79 Å². The Bertz CT molecular complexity index is 478. The number of likely N-dealkylation sites (tertiary alicyclic amines) is 1. The summed E-state index contributed by atoms with van der Waals surface area (Å²) in [6.45, 7) is 3.01. The molecule has 1 heterocycles. The van der Waals surface area contributed by atoms with E-state index >= 15 is 0 Å². The minimum Gasteiger partial charge on any atom is -0.398 e. The predicted molar refractivity (Wildman–Crippen MR) is 81.1 cm³/mol. The minimum absolute atomic E-state index is 0.0512. The van der Waals surface area contributed by atoms with Gasteiger partial charge >= 0.3 is 0 Å². The molecule has 1 amide bonds. The summed E-state index contributed by atoms with van der Waals surface area (Å²) in [5.74, 6) is 0.631. The molecule has 0 radical (unpaired) electrons. The first-order chi connectivity index (χ1) is 8.97. The van der Waals surface area contributed by atoms with Gasteiger partial charge in [-0.15, -0.1) is 0 Å². The van der Waals surface area contributed by atoms with Crippen molar-refractivity contribution >= 4 is 27.5 Å². The second-order valence-corrected chi connectivity index (χ2v) is 6.19. The molecule has 1 aliphatic heterocycles. The van der Waals surface area contributed by atoms with Gasteiger partial charge in [0, 0.05) is 35.9 Å². The third-order valence-electron chi connectivity index (χ3n) is 3.62. The van der Waals surface area contributed by atoms with Crippen LogP contribution < -0.4 is 5.73 Å². The van der Waals surface area contributed by atoms with Crippen LogP contribution in [0, 0.1) is 5.92 Å². The average molecular weight is 326 g/mol. The molecule has 0 saturated carbocycles. The molecule has 104 valence electrons. The first-order valence-electron chi connectivity index (χ1n) is 6.46. The number of hydrogen-bond donors (Lipinski definition) is 1. The maximum atomic E-state index is 12.3. The first-order valence-corrected chi connectivity index (χ1v) is 7.25. The summed E-state index contributed by atoms with van der Waals surface area (Å²) >= 11 is 3.36. The van der Waals surface area contributed by atoms with Crippen molar-refractivity contribution in [2.24, 2.45) is 5.92 Å². The topological polar surface area (TPSA) is 49.6 Å². The molecular formula is C14H20BrN3O. The van der Waals surface area contributed by atoms with E-state index in [1.807, 2.05) is 11.9 Å². The van der Waals surface area contributed by atoms with E-state index in [0.717, 1.165) is 24.1 Å². The zero-order valence-electron chi connectivity index (χ0n) is 11.4. The Morgan fingerprint density at radius 1 is 1.58 bits per heavy atom. The zero-order valence-corrected chi connectivity index (χ0v) is 13.0. The number of halogens is 1. The molecule has 2 rings (SSSR count). The second-order valence-electron chi connectivity index (χ2n) is 5.34. The number of rotatable bonds is 3. The highest BCUT2D eigenvalue weighted by molar-refractivity contribution is 9.10. The Labute approximate surface area is 122 Å². The van der Waals surface area contributed by atoms with Gasteiger partial charge < -0.3 is 15.5 Å². The summed E-state index contributed by atoms with van der Waals surface area (Å²) in [7, 11) is 3.99. The first kappa shape index (κ1) is 14.3. The van der Waals surface area contributed by atoms with Gasteiger partial charge in [0.15, 0.2) is 0 Å². The van der Waals surface area contributed by atoms with Crippen LogP contribution in [0.3, 0.4) is 0 Å². The van der Waals surface area contributed by atoms with Crippen molar-refractivity contribution in [3.63, 3.8) is 0 Å². The van der Waals surface area contributed by atoms with E-state index in [9.17, 15) is 4.79 Å². The molecule has 1 saturated heterocycles. The summed E-state index contributed by atoms with van der Waals surface area (Å²) < 4.78 is 0.771. The second kappa shape index (κ2) is 5.92. The summed E-state index contributed by atoms with van der Waals surface area (Å²) in [6, 6.07) is 5.32. The summed E-state index contributed by atoms with van der Waals surface area (Å²) in [5.41, 5.74) is 7.06. The highest BCUT2D eigenvalue weighted by Crippen LogP contribution is 2.22. The van der Waals surface area contributed by atoms with Crippen molar-refractivity contribution in [1.29, 1.82) is 0 Å². The van der Waals surface area contributed by atoms with Crippen molar-refractivity contribution in [1.82, 2.24) is 9.80 Å².